The van der Waals surface area contributed by atoms with Gasteiger partial charge >= 0.3 is 0 Å². The van der Waals surface area contributed by atoms with E-state index in [0.717, 1.165) is 77.9 Å². The SMILES string of the molecule is Fc1cc(CCCN2CCCC2)cc(-c2nccc3[nH]c(-c4[nH]nc5ncc(-c6cncc(CN7CCCCC7)c6)cc45)nc23)c1. The Morgan fingerprint density at radius 3 is 2.48 bits per heavy atom. The molecule has 2 aliphatic heterocycles. The van der Waals surface area contributed by atoms with Gasteiger partial charge in [-0.2, -0.15) is 5.10 Å². The number of aromatic amines is 2. The fourth-order valence-corrected chi connectivity index (χ4v) is 7.06. The standard InChI is InChI=1S/C36H38FN9/c37-29-17-24(7-6-14-45-10-4-5-11-45)15-26(18-29)32-34-31(8-9-39-32)41-36(42-34)33-30-19-28(22-40-35(30)44-43-33)27-16-25(20-38-21-27)23-46-12-2-1-3-13-46/h8-9,15-22H,1-7,10-14,23H2,(H,41,42)(H,40,43,44). The third kappa shape index (κ3) is 6.02. The first-order chi connectivity index (χ1) is 22.7. The van der Waals surface area contributed by atoms with E-state index in [0.29, 0.717) is 22.7 Å². The average Bonchev–Trinajstić information content (AvgIpc) is 3.85. The van der Waals surface area contributed by atoms with Gasteiger partial charge in [0, 0.05) is 48.0 Å². The molecular weight excluding hydrogens is 577 g/mol. The van der Waals surface area contributed by atoms with Crippen LogP contribution in [0.3, 0.4) is 0 Å². The first-order valence-electron chi connectivity index (χ1n) is 16.5. The number of hydrogen-bond acceptors (Lipinski definition) is 7. The number of halogens is 1. The lowest BCUT2D eigenvalue weighted by Gasteiger charge is -2.26. The van der Waals surface area contributed by atoms with Crippen LogP contribution in [0.25, 0.3) is 56.0 Å². The van der Waals surface area contributed by atoms with Crippen molar-refractivity contribution in [3.63, 3.8) is 0 Å². The summed E-state index contributed by atoms with van der Waals surface area (Å²) >= 11 is 0. The van der Waals surface area contributed by atoms with Crippen molar-refractivity contribution in [1.29, 1.82) is 0 Å². The van der Waals surface area contributed by atoms with E-state index in [9.17, 15) is 4.39 Å². The third-order valence-electron chi connectivity index (χ3n) is 9.40. The summed E-state index contributed by atoms with van der Waals surface area (Å²) in [6.45, 7) is 6.60. The van der Waals surface area contributed by atoms with Crippen LogP contribution in [0.4, 0.5) is 4.39 Å². The predicted molar refractivity (Wildman–Crippen MR) is 179 cm³/mol. The van der Waals surface area contributed by atoms with E-state index in [1.807, 2.05) is 24.7 Å². The van der Waals surface area contributed by atoms with E-state index < -0.39 is 0 Å². The van der Waals surface area contributed by atoms with Crippen LogP contribution in [0, 0.1) is 5.82 Å². The van der Waals surface area contributed by atoms with E-state index in [1.54, 1.807) is 18.3 Å². The highest BCUT2D eigenvalue weighted by atomic mass is 19.1. The molecule has 0 bridgehead atoms. The number of nitrogens with zero attached hydrogens (tertiary/aromatic N) is 7. The molecule has 2 aliphatic rings. The summed E-state index contributed by atoms with van der Waals surface area (Å²) in [6.07, 6.45) is 15.7. The molecule has 0 saturated carbocycles. The van der Waals surface area contributed by atoms with Gasteiger partial charge in [-0.25, -0.2) is 14.4 Å². The van der Waals surface area contributed by atoms with Crippen molar-refractivity contribution in [1.82, 2.24) is 44.9 Å². The molecule has 234 valence electrons. The molecule has 1 aromatic carbocycles. The molecule has 2 saturated heterocycles. The van der Waals surface area contributed by atoms with Crippen LogP contribution in [0.5, 0.6) is 0 Å². The zero-order valence-electron chi connectivity index (χ0n) is 26.0. The quantitative estimate of drug-likeness (QED) is 0.185. The number of nitrogens with one attached hydrogen (secondary N) is 2. The van der Waals surface area contributed by atoms with Crippen LogP contribution >= 0.6 is 0 Å². The van der Waals surface area contributed by atoms with Crippen LogP contribution in [0.2, 0.25) is 0 Å². The van der Waals surface area contributed by atoms with Crippen LogP contribution in [-0.4, -0.2) is 77.6 Å². The predicted octanol–water partition coefficient (Wildman–Crippen LogP) is 6.78. The van der Waals surface area contributed by atoms with Crippen molar-refractivity contribution >= 4 is 22.1 Å². The van der Waals surface area contributed by atoms with Crippen molar-refractivity contribution in [3.8, 4) is 33.9 Å². The van der Waals surface area contributed by atoms with E-state index in [-0.39, 0.29) is 5.82 Å². The summed E-state index contributed by atoms with van der Waals surface area (Å²) in [5.41, 5.74) is 8.42. The molecular formula is C36H38FN9. The summed E-state index contributed by atoms with van der Waals surface area (Å²) in [5, 5.41) is 8.47. The molecule has 2 fully saturated rings. The number of H-pyrrole nitrogens is 2. The Morgan fingerprint density at radius 1 is 0.783 bits per heavy atom. The summed E-state index contributed by atoms with van der Waals surface area (Å²) < 4.78 is 14.9. The summed E-state index contributed by atoms with van der Waals surface area (Å²) in [6, 6.07) is 11.4. The van der Waals surface area contributed by atoms with Crippen molar-refractivity contribution in [2.75, 3.05) is 32.7 Å². The second kappa shape index (κ2) is 12.7. The Labute approximate surface area is 267 Å². The van der Waals surface area contributed by atoms with Crippen LogP contribution in [0.15, 0.2) is 61.2 Å². The molecule has 0 amide bonds. The van der Waals surface area contributed by atoms with Gasteiger partial charge in [-0.3, -0.25) is 20.0 Å². The van der Waals surface area contributed by atoms with Gasteiger partial charge in [0.25, 0.3) is 0 Å². The number of hydrogen-bond donors (Lipinski definition) is 2. The molecule has 5 aromatic heterocycles. The fourth-order valence-electron chi connectivity index (χ4n) is 7.06. The Bertz CT molecular complexity index is 1980. The molecule has 0 atom stereocenters. The second-order valence-corrected chi connectivity index (χ2v) is 12.8. The number of aryl methyl sites for hydroxylation is 1. The molecule has 0 aliphatic carbocycles. The normalized spacial score (nSPS) is 16.2. The van der Waals surface area contributed by atoms with E-state index >= 15 is 0 Å². The molecule has 2 N–H and O–H groups in total. The molecule has 46 heavy (non-hydrogen) atoms. The van der Waals surface area contributed by atoms with Crippen molar-refractivity contribution < 1.29 is 4.39 Å². The molecule has 0 radical (unpaired) electrons. The zero-order valence-corrected chi connectivity index (χ0v) is 26.0. The summed E-state index contributed by atoms with van der Waals surface area (Å²) in [5.74, 6) is 0.376. The van der Waals surface area contributed by atoms with Gasteiger partial charge in [0.2, 0.25) is 0 Å². The number of benzene rings is 1. The monoisotopic (exact) mass is 615 g/mol. The van der Waals surface area contributed by atoms with E-state index in [2.05, 4.69) is 58.1 Å². The molecule has 6 aromatic rings. The lowest BCUT2D eigenvalue weighted by atomic mass is 10.0. The highest BCUT2D eigenvalue weighted by molar-refractivity contribution is 5.96. The smallest absolute Gasteiger partial charge is 0.181 e. The highest BCUT2D eigenvalue weighted by Gasteiger charge is 2.18. The van der Waals surface area contributed by atoms with E-state index in [4.69, 9.17) is 4.98 Å². The van der Waals surface area contributed by atoms with Gasteiger partial charge < -0.3 is 9.88 Å². The van der Waals surface area contributed by atoms with Gasteiger partial charge in [-0.1, -0.05) is 6.42 Å². The Kier molecular flexibility index (Phi) is 7.97. The number of piperidine rings is 1. The topological polar surface area (TPSA) is 103 Å². The lowest BCUT2D eigenvalue weighted by Crippen LogP contribution is -2.29. The minimum absolute atomic E-state index is 0.254. The maximum atomic E-state index is 14.9. The lowest BCUT2D eigenvalue weighted by molar-refractivity contribution is 0.220. The number of rotatable bonds is 9. The average molecular weight is 616 g/mol. The molecule has 8 rings (SSSR count). The van der Waals surface area contributed by atoms with Gasteiger partial charge in [0.05, 0.1) is 16.6 Å². The maximum absolute atomic E-state index is 14.9. The minimum atomic E-state index is -0.254. The van der Waals surface area contributed by atoms with Crippen LogP contribution < -0.4 is 0 Å². The molecule has 9 nitrogen and oxygen atoms in total. The maximum Gasteiger partial charge on any atom is 0.181 e. The van der Waals surface area contributed by atoms with Gasteiger partial charge in [-0.15, -0.1) is 0 Å². The first kappa shape index (κ1) is 28.9. The van der Waals surface area contributed by atoms with Crippen molar-refractivity contribution in [2.24, 2.45) is 0 Å². The Morgan fingerprint density at radius 2 is 1.59 bits per heavy atom. The number of imidazole rings is 1. The zero-order chi connectivity index (χ0) is 30.9. The number of aromatic nitrogens is 7. The van der Waals surface area contributed by atoms with E-state index in [1.165, 1.54) is 50.8 Å². The Hall–Kier alpha value is -4.54. The van der Waals surface area contributed by atoms with Gasteiger partial charge in [-0.05, 0) is 119 Å². The number of pyridine rings is 3. The van der Waals surface area contributed by atoms with Crippen molar-refractivity contribution in [2.45, 2.75) is 51.5 Å². The van der Waals surface area contributed by atoms with Crippen LogP contribution in [0.1, 0.15) is 49.7 Å². The molecule has 0 unspecified atom stereocenters. The first-order valence-corrected chi connectivity index (χ1v) is 16.5. The highest BCUT2D eigenvalue weighted by Crippen LogP contribution is 2.32. The minimum Gasteiger partial charge on any atom is -0.337 e. The number of likely N-dealkylation sites (tertiary alicyclic amines) is 2. The Balaban J connectivity index is 1.08. The number of fused-ring (bicyclic) bond motifs is 2. The molecule has 7 heterocycles. The van der Waals surface area contributed by atoms with Crippen LogP contribution in [-0.2, 0) is 13.0 Å². The van der Waals surface area contributed by atoms with Crippen molar-refractivity contribution in [3.05, 3.63) is 78.1 Å². The third-order valence-corrected chi connectivity index (χ3v) is 9.40. The fraction of sp³-hybridized carbons (Fsp3) is 0.361. The van der Waals surface area contributed by atoms with Gasteiger partial charge in [0.1, 0.15) is 17.0 Å². The second-order valence-electron chi connectivity index (χ2n) is 12.8. The molecule has 10 heteroatoms. The van der Waals surface area contributed by atoms with Gasteiger partial charge in [0.15, 0.2) is 11.5 Å². The largest absolute Gasteiger partial charge is 0.337 e. The molecule has 0 spiro atoms. The summed E-state index contributed by atoms with van der Waals surface area (Å²) in [7, 11) is 0. The summed E-state index contributed by atoms with van der Waals surface area (Å²) in [4.78, 5) is 27.3.